The SMILES string of the molecule is Cc1ccc(C(=O)N2CCN(Cc3nc4c(s3)CCC4)CC2)cc1C. The Morgan fingerprint density at radius 1 is 1.12 bits per heavy atom. The van der Waals surface area contributed by atoms with E-state index in [4.69, 9.17) is 4.98 Å². The van der Waals surface area contributed by atoms with Crippen LogP contribution in [0.2, 0.25) is 0 Å². The minimum Gasteiger partial charge on any atom is -0.336 e. The van der Waals surface area contributed by atoms with E-state index in [1.807, 2.05) is 34.4 Å². The number of thiazole rings is 1. The van der Waals surface area contributed by atoms with Gasteiger partial charge in [0.05, 0.1) is 12.2 Å². The van der Waals surface area contributed by atoms with Crippen LogP contribution in [0.3, 0.4) is 0 Å². The maximum Gasteiger partial charge on any atom is 0.253 e. The third-order valence-corrected chi connectivity index (χ3v) is 6.55. The Hall–Kier alpha value is -1.72. The quantitative estimate of drug-likeness (QED) is 0.848. The van der Waals surface area contributed by atoms with Crippen LogP contribution in [0.5, 0.6) is 0 Å². The molecule has 132 valence electrons. The summed E-state index contributed by atoms with van der Waals surface area (Å²) >= 11 is 1.89. The second-order valence-electron chi connectivity index (χ2n) is 7.20. The summed E-state index contributed by atoms with van der Waals surface area (Å²) in [4.78, 5) is 23.4. The van der Waals surface area contributed by atoms with Crippen molar-refractivity contribution in [2.24, 2.45) is 0 Å². The van der Waals surface area contributed by atoms with Crippen molar-refractivity contribution >= 4 is 17.2 Å². The summed E-state index contributed by atoms with van der Waals surface area (Å²) in [7, 11) is 0. The lowest BCUT2D eigenvalue weighted by Gasteiger charge is -2.34. The van der Waals surface area contributed by atoms with Gasteiger partial charge < -0.3 is 4.90 Å². The smallest absolute Gasteiger partial charge is 0.253 e. The molecule has 0 bridgehead atoms. The predicted molar refractivity (Wildman–Crippen MR) is 101 cm³/mol. The molecule has 2 aromatic rings. The van der Waals surface area contributed by atoms with Crippen LogP contribution in [-0.2, 0) is 19.4 Å². The summed E-state index contributed by atoms with van der Waals surface area (Å²) in [5, 5.41) is 1.25. The molecular weight excluding hydrogens is 330 g/mol. The van der Waals surface area contributed by atoms with Crippen LogP contribution < -0.4 is 0 Å². The highest BCUT2D eigenvalue weighted by Gasteiger charge is 2.24. The van der Waals surface area contributed by atoms with Crippen molar-refractivity contribution in [2.45, 2.75) is 39.7 Å². The number of benzene rings is 1. The minimum absolute atomic E-state index is 0.163. The van der Waals surface area contributed by atoms with Gasteiger partial charge in [0.15, 0.2) is 0 Å². The highest BCUT2D eigenvalue weighted by Crippen LogP contribution is 2.28. The van der Waals surface area contributed by atoms with E-state index in [-0.39, 0.29) is 5.91 Å². The lowest BCUT2D eigenvalue weighted by molar-refractivity contribution is 0.0628. The number of fused-ring (bicyclic) bond motifs is 1. The summed E-state index contributed by atoms with van der Waals surface area (Å²) < 4.78 is 0. The molecule has 1 aromatic heterocycles. The Balaban J connectivity index is 1.34. The maximum absolute atomic E-state index is 12.7. The number of hydrogen-bond acceptors (Lipinski definition) is 4. The molecule has 2 heterocycles. The van der Waals surface area contributed by atoms with E-state index in [0.717, 1.165) is 44.7 Å². The van der Waals surface area contributed by atoms with Gasteiger partial charge in [-0.3, -0.25) is 9.69 Å². The first-order valence-electron chi connectivity index (χ1n) is 9.16. The first-order valence-corrected chi connectivity index (χ1v) is 9.98. The molecule has 1 aromatic carbocycles. The second kappa shape index (κ2) is 6.89. The Morgan fingerprint density at radius 2 is 1.92 bits per heavy atom. The summed E-state index contributed by atoms with van der Waals surface area (Å²) in [6, 6.07) is 6.01. The zero-order valence-electron chi connectivity index (χ0n) is 15.0. The van der Waals surface area contributed by atoms with Crippen molar-refractivity contribution in [1.29, 1.82) is 0 Å². The number of carbonyl (C=O) groups excluding carboxylic acids is 1. The molecule has 4 rings (SSSR count). The van der Waals surface area contributed by atoms with Crippen LogP contribution in [-0.4, -0.2) is 46.9 Å². The van der Waals surface area contributed by atoms with Crippen molar-refractivity contribution in [3.63, 3.8) is 0 Å². The Morgan fingerprint density at radius 3 is 2.64 bits per heavy atom. The number of nitrogens with zero attached hydrogens (tertiary/aromatic N) is 3. The first-order chi connectivity index (χ1) is 12.1. The highest BCUT2D eigenvalue weighted by atomic mass is 32.1. The monoisotopic (exact) mass is 355 g/mol. The molecule has 1 saturated heterocycles. The number of rotatable bonds is 3. The fourth-order valence-electron chi connectivity index (χ4n) is 3.67. The van der Waals surface area contributed by atoms with E-state index in [1.165, 1.54) is 39.5 Å². The number of carbonyl (C=O) groups is 1. The van der Waals surface area contributed by atoms with E-state index in [9.17, 15) is 4.79 Å². The van der Waals surface area contributed by atoms with Crippen molar-refractivity contribution in [1.82, 2.24) is 14.8 Å². The number of hydrogen-bond donors (Lipinski definition) is 0. The van der Waals surface area contributed by atoms with Gasteiger partial charge in [0.25, 0.3) is 5.91 Å². The van der Waals surface area contributed by atoms with Crippen LogP contribution in [0.4, 0.5) is 0 Å². The van der Waals surface area contributed by atoms with E-state index < -0.39 is 0 Å². The normalized spacial score (nSPS) is 17.8. The van der Waals surface area contributed by atoms with Gasteiger partial charge >= 0.3 is 0 Å². The highest BCUT2D eigenvalue weighted by molar-refractivity contribution is 7.11. The number of amides is 1. The molecule has 0 unspecified atom stereocenters. The van der Waals surface area contributed by atoms with Gasteiger partial charge in [-0.15, -0.1) is 11.3 Å². The predicted octanol–water partition coefficient (Wildman–Crippen LogP) is 3.21. The van der Waals surface area contributed by atoms with Crippen molar-refractivity contribution in [3.8, 4) is 0 Å². The molecule has 4 nitrogen and oxygen atoms in total. The van der Waals surface area contributed by atoms with Gasteiger partial charge in [0.1, 0.15) is 5.01 Å². The third-order valence-electron chi connectivity index (χ3n) is 5.41. The lowest BCUT2D eigenvalue weighted by Crippen LogP contribution is -2.48. The molecule has 5 heteroatoms. The van der Waals surface area contributed by atoms with Gasteiger partial charge in [-0.25, -0.2) is 4.98 Å². The third kappa shape index (κ3) is 3.48. The lowest BCUT2D eigenvalue weighted by atomic mass is 10.1. The molecule has 0 atom stereocenters. The molecule has 0 saturated carbocycles. The number of aromatic nitrogens is 1. The molecule has 0 N–H and O–H groups in total. The van der Waals surface area contributed by atoms with Gasteiger partial charge in [-0.1, -0.05) is 6.07 Å². The largest absolute Gasteiger partial charge is 0.336 e. The summed E-state index contributed by atoms with van der Waals surface area (Å²) in [5.41, 5.74) is 4.56. The molecule has 0 radical (unpaired) electrons. The molecule has 25 heavy (non-hydrogen) atoms. The van der Waals surface area contributed by atoms with E-state index in [1.54, 1.807) is 0 Å². The average molecular weight is 356 g/mol. The standard InChI is InChI=1S/C20H25N3OS/c1-14-6-7-16(12-15(14)2)20(24)23-10-8-22(9-11-23)13-19-21-17-4-3-5-18(17)25-19/h6-7,12H,3-5,8-11,13H2,1-2H3. The molecular formula is C20H25N3OS. The molecule has 1 aliphatic carbocycles. The minimum atomic E-state index is 0.163. The summed E-state index contributed by atoms with van der Waals surface area (Å²) in [5.74, 6) is 0.163. The van der Waals surface area contributed by atoms with Crippen LogP contribution in [0, 0.1) is 13.8 Å². The average Bonchev–Trinajstić information content (AvgIpc) is 3.19. The molecule has 1 aliphatic heterocycles. The Kier molecular flexibility index (Phi) is 4.61. The van der Waals surface area contributed by atoms with Crippen LogP contribution in [0.1, 0.15) is 43.5 Å². The van der Waals surface area contributed by atoms with Gasteiger partial charge in [-0.2, -0.15) is 0 Å². The summed E-state index contributed by atoms with van der Waals surface area (Å²) in [6.07, 6.45) is 3.64. The number of aryl methyl sites for hydroxylation is 4. The van der Waals surface area contributed by atoms with E-state index in [0.29, 0.717) is 0 Å². The van der Waals surface area contributed by atoms with Crippen molar-refractivity contribution < 1.29 is 4.79 Å². The van der Waals surface area contributed by atoms with Crippen LogP contribution in [0.25, 0.3) is 0 Å². The molecule has 1 amide bonds. The topological polar surface area (TPSA) is 36.4 Å². The fraction of sp³-hybridized carbons (Fsp3) is 0.500. The Labute approximate surface area is 153 Å². The fourth-order valence-corrected chi connectivity index (χ4v) is 4.87. The Bertz CT molecular complexity index is 769. The maximum atomic E-state index is 12.7. The van der Waals surface area contributed by atoms with Crippen molar-refractivity contribution in [2.75, 3.05) is 26.2 Å². The number of piperazine rings is 1. The molecule has 0 spiro atoms. The zero-order chi connectivity index (χ0) is 17.4. The van der Waals surface area contributed by atoms with Gasteiger partial charge in [0, 0.05) is 36.6 Å². The zero-order valence-corrected chi connectivity index (χ0v) is 15.9. The second-order valence-corrected chi connectivity index (χ2v) is 8.37. The molecule has 2 aliphatic rings. The first kappa shape index (κ1) is 16.7. The van der Waals surface area contributed by atoms with Gasteiger partial charge in [0.2, 0.25) is 0 Å². The van der Waals surface area contributed by atoms with Crippen LogP contribution in [0.15, 0.2) is 18.2 Å². The summed E-state index contributed by atoms with van der Waals surface area (Å²) in [6.45, 7) is 8.55. The van der Waals surface area contributed by atoms with Crippen molar-refractivity contribution in [3.05, 3.63) is 50.5 Å². The van der Waals surface area contributed by atoms with Gasteiger partial charge in [-0.05, 0) is 56.4 Å². The van der Waals surface area contributed by atoms with E-state index >= 15 is 0 Å². The van der Waals surface area contributed by atoms with E-state index in [2.05, 4.69) is 18.7 Å². The molecule has 1 fully saturated rings. The van der Waals surface area contributed by atoms with Crippen LogP contribution >= 0.6 is 11.3 Å².